The van der Waals surface area contributed by atoms with Crippen LogP contribution in [0.25, 0.3) is 0 Å². The number of nitrogens with one attached hydrogen (secondary N) is 1. The Labute approximate surface area is 188 Å². The molecule has 0 bridgehead atoms. The minimum atomic E-state index is -0.868. The third-order valence-corrected chi connectivity index (χ3v) is 4.76. The summed E-state index contributed by atoms with van der Waals surface area (Å²) >= 11 is 0. The first kappa shape index (κ1) is 24.9. The number of aromatic amines is 1. The van der Waals surface area contributed by atoms with Crippen LogP contribution in [0.2, 0.25) is 0 Å². The normalized spacial score (nSPS) is 10.2. The molecule has 10 heteroatoms. The van der Waals surface area contributed by atoms with Crippen molar-refractivity contribution in [1.29, 1.82) is 5.26 Å². The molecule has 168 valence electrons. The number of ketones is 1. The van der Waals surface area contributed by atoms with Crippen LogP contribution >= 0.6 is 0 Å². The summed E-state index contributed by atoms with van der Waals surface area (Å²) in [5.74, 6) is -1.89. The number of H-pyrrole nitrogens is 1. The number of rotatable bonds is 5. The Morgan fingerprint density at radius 2 is 1.97 bits per heavy atom. The molecule has 0 saturated carbocycles. The molecule has 0 aliphatic rings. The van der Waals surface area contributed by atoms with E-state index in [1.54, 1.807) is 32.9 Å². The van der Waals surface area contributed by atoms with E-state index in [2.05, 4.69) is 16.6 Å². The van der Waals surface area contributed by atoms with Crippen molar-refractivity contribution in [3.63, 3.8) is 0 Å². The molecule has 0 radical (unpaired) electrons. The van der Waals surface area contributed by atoms with Gasteiger partial charge in [-0.1, -0.05) is 13.8 Å². The molecule has 3 rings (SSSR count). The van der Waals surface area contributed by atoms with Gasteiger partial charge in [-0.05, 0) is 42.7 Å². The Morgan fingerprint density at radius 1 is 1.30 bits per heavy atom. The first-order valence-electron chi connectivity index (χ1n) is 9.66. The molecule has 3 N–H and O–H groups in total. The van der Waals surface area contributed by atoms with Gasteiger partial charge in [-0.2, -0.15) is 9.65 Å². The summed E-state index contributed by atoms with van der Waals surface area (Å²) in [6.07, 6.45) is 1.14. The number of carbonyl (C=O) groups is 1. The third kappa shape index (κ3) is 5.30. The van der Waals surface area contributed by atoms with Crippen molar-refractivity contribution < 1.29 is 13.8 Å². The van der Waals surface area contributed by atoms with Gasteiger partial charge in [-0.15, -0.1) is 0 Å². The Bertz CT molecular complexity index is 1400. The second-order valence-electron chi connectivity index (χ2n) is 7.51. The van der Waals surface area contributed by atoms with Gasteiger partial charge in [0.1, 0.15) is 5.69 Å². The Balaban J connectivity index is 0.00000187. The topological polar surface area (TPSA) is 155 Å². The fraction of sp³-hybridized carbons (Fsp3) is 0.217. The molecule has 9 nitrogen and oxygen atoms in total. The summed E-state index contributed by atoms with van der Waals surface area (Å²) < 4.78 is 22.8. The van der Waals surface area contributed by atoms with Crippen LogP contribution in [0.15, 0.2) is 40.1 Å². The minimum absolute atomic E-state index is 0.0140. The van der Waals surface area contributed by atoms with E-state index in [9.17, 15) is 24.0 Å². The molecule has 1 aromatic carbocycles. The van der Waals surface area contributed by atoms with E-state index in [0.29, 0.717) is 5.56 Å². The van der Waals surface area contributed by atoms with Gasteiger partial charge in [-0.3, -0.25) is 19.1 Å². The van der Waals surface area contributed by atoms with Gasteiger partial charge in [0.05, 0.1) is 30.1 Å². The summed E-state index contributed by atoms with van der Waals surface area (Å²) in [6.45, 7) is 9.27. The molecule has 0 fully saturated rings. The summed E-state index contributed by atoms with van der Waals surface area (Å²) in [6, 6.07) is 7.85. The first-order valence-corrected chi connectivity index (χ1v) is 9.66. The Kier molecular flexibility index (Phi) is 7.81. The number of hydrogen-bond acceptors (Lipinski definition) is 6. The quantitative estimate of drug-likeness (QED) is 0.263. The molecule has 0 spiro atoms. The van der Waals surface area contributed by atoms with E-state index < -0.39 is 28.9 Å². The average Bonchev–Trinajstić information content (AvgIpc) is 2.77. The van der Waals surface area contributed by atoms with Crippen molar-refractivity contribution in [3.05, 3.63) is 97.4 Å². The van der Waals surface area contributed by atoms with Crippen LogP contribution in [0.4, 0.5) is 10.1 Å². The van der Waals surface area contributed by atoms with Crippen molar-refractivity contribution >= 4 is 11.5 Å². The van der Waals surface area contributed by atoms with Gasteiger partial charge in [0.2, 0.25) is 11.7 Å². The number of nitrogen functional groups attached to an aromatic ring is 1. The van der Waals surface area contributed by atoms with Gasteiger partial charge in [-0.25, -0.2) is 9.78 Å². The molecule has 0 amide bonds. The number of nitriles is 1. The van der Waals surface area contributed by atoms with Crippen LogP contribution in [0.1, 0.15) is 58.1 Å². The molecule has 3 aromatic rings. The number of nitrogens with zero attached hydrogens (tertiary/aromatic N) is 3. The zero-order valence-electron chi connectivity index (χ0n) is 18.1. The van der Waals surface area contributed by atoms with Crippen molar-refractivity contribution in [2.45, 2.75) is 33.2 Å². The van der Waals surface area contributed by atoms with Crippen molar-refractivity contribution in [2.24, 2.45) is 0 Å². The number of pyridine rings is 1. The number of nitrogens with two attached hydrogens (primary N) is 1. The average molecular weight is 449 g/mol. The van der Waals surface area contributed by atoms with Crippen LogP contribution in [-0.4, -0.2) is 20.3 Å². The number of aryl methyl sites for hydroxylation is 1. The number of halogens is 1. The number of hydrogen-bond donors (Lipinski definition) is 2. The molecule has 2 heterocycles. The molecular formula is C23H20FN5O4. The molecule has 0 unspecified atom stereocenters. The van der Waals surface area contributed by atoms with Crippen molar-refractivity contribution in [1.82, 2.24) is 14.5 Å². The van der Waals surface area contributed by atoms with Crippen LogP contribution in [0.5, 0.6) is 0 Å². The molecule has 0 saturated heterocycles. The molecule has 2 aromatic heterocycles. The summed E-state index contributed by atoms with van der Waals surface area (Å²) in [4.78, 5) is 44.5. The molecule has 0 atom stereocenters. The van der Waals surface area contributed by atoms with Gasteiger partial charge < -0.3 is 5.73 Å². The standard InChI is InChI=1S/C22H20FN5O3.CO/c1-11(2)17-18(19(29)14-5-12(3)4-13(6-14)8-24)28(22(31)27-21(17)30)10-15-7-16(25)9-26-20(15)23;1-2/h4-7,9,11H,10,25H2,1-3H3,(H,27,30,31);. The molecule has 33 heavy (non-hydrogen) atoms. The van der Waals surface area contributed by atoms with Gasteiger partial charge in [0, 0.05) is 16.7 Å². The Morgan fingerprint density at radius 3 is 2.58 bits per heavy atom. The van der Waals surface area contributed by atoms with E-state index >= 15 is 0 Å². The number of anilines is 1. The number of carbonyl (C=O) groups excluding carboxylic acids is 1. The zero-order chi connectivity index (χ0) is 24.9. The van der Waals surface area contributed by atoms with Crippen LogP contribution < -0.4 is 17.0 Å². The fourth-order valence-corrected chi connectivity index (χ4v) is 3.43. The first-order chi connectivity index (χ1) is 15.6. The Hall–Kier alpha value is -4.32. The van der Waals surface area contributed by atoms with Gasteiger partial charge in [0.15, 0.2) is 0 Å². The molecule has 0 aliphatic carbocycles. The maximum absolute atomic E-state index is 14.3. The van der Waals surface area contributed by atoms with E-state index in [4.69, 9.17) is 10.4 Å². The third-order valence-electron chi connectivity index (χ3n) is 4.76. The monoisotopic (exact) mass is 449 g/mol. The fourth-order valence-electron chi connectivity index (χ4n) is 3.43. The van der Waals surface area contributed by atoms with E-state index in [1.807, 2.05) is 6.07 Å². The number of benzene rings is 1. The van der Waals surface area contributed by atoms with Crippen molar-refractivity contribution in [3.8, 4) is 6.07 Å². The second kappa shape index (κ2) is 10.3. The second-order valence-corrected chi connectivity index (χ2v) is 7.51. The van der Waals surface area contributed by atoms with E-state index in [0.717, 1.165) is 10.8 Å². The predicted molar refractivity (Wildman–Crippen MR) is 116 cm³/mol. The number of aromatic nitrogens is 3. The van der Waals surface area contributed by atoms with Crippen LogP contribution in [0.3, 0.4) is 0 Å². The van der Waals surface area contributed by atoms with Gasteiger partial charge in [0.25, 0.3) is 5.56 Å². The predicted octanol–water partition coefficient (Wildman–Crippen LogP) is 2.20. The van der Waals surface area contributed by atoms with Crippen LogP contribution in [-0.2, 0) is 11.2 Å². The van der Waals surface area contributed by atoms with E-state index in [-0.39, 0.29) is 40.2 Å². The van der Waals surface area contributed by atoms with E-state index in [1.165, 1.54) is 12.1 Å². The van der Waals surface area contributed by atoms with Gasteiger partial charge >= 0.3 is 17.0 Å². The summed E-state index contributed by atoms with van der Waals surface area (Å²) in [5.41, 5.74) is 5.28. The zero-order valence-corrected chi connectivity index (χ0v) is 18.1. The SMILES string of the molecule is Cc1cc(C#N)cc(C(=O)c2c(C(C)C)c(=O)[nH]c(=O)n2Cc2cc(N)cnc2F)c1.[C-]#[O+]. The summed E-state index contributed by atoms with van der Waals surface area (Å²) in [7, 11) is 0. The van der Waals surface area contributed by atoms with Crippen LogP contribution in [0, 0.1) is 30.9 Å². The maximum atomic E-state index is 14.3. The summed E-state index contributed by atoms with van der Waals surface area (Å²) in [5, 5.41) is 9.24. The molecular weight excluding hydrogens is 429 g/mol. The molecule has 0 aliphatic heterocycles. The van der Waals surface area contributed by atoms with Crippen molar-refractivity contribution in [2.75, 3.05) is 5.73 Å².